The molecule has 0 amide bonds. The monoisotopic (exact) mass is 248 g/mol. The fourth-order valence-electron chi connectivity index (χ4n) is 2.39. The number of nitrogen functional groups attached to an aromatic ring is 1. The summed E-state index contributed by atoms with van der Waals surface area (Å²) in [6.45, 7) is 5.44. The van der Waals surface area contributed by atoms with Crippen molar-refractivity contribution < 1.29 is 0 Å². The number of rotatable bonds is 4. The number of hydrogen-bond acceptors (Lipinski definition) is 4. The highest BCUT2D eigenvalue weighted by Gasteiger charge is 2.15. The number of aromatic nitrogens is 1. The lowest BCUT2D eigenvalue weighted by molar-refractivity contribution is 0.215. The topological polar surface area (TPSA) is 54.2 Å². The largest absolute Gasteiger partial charge is 0.398 e. The molecule has 1 aromatic heterocycles. The zero-order valence-electron chi connectivity index (χ0n) is 11.4. The van der Waals surface area contributed by atoms with E-state index in [1.165, 1.54) is 32.4 Å². The van der Waals surface area contributed by atoms with Gasteiger partial charge in [-0.15, -0.1) is 0 Å². The number of nitrogens with zero attached hydrogens (tertiary/aromatic N) is 2. The average molecular weight is 248 g/mol. The van der Waals surface area contributed by atoms with Gasteiger partial charge in [0.25, 0.3) is 0 Å². The highest BCUT2D eigenvalue weighted by Crippen LogP contribution is 2.20. The summed E-state index contributed by atoms with van der Waals surface area (Å²) in [6, 6.07) is 1.92. The fraction of sp³-hybridized carbons (Fsp3) is 0.643. The molecule has 4 nitrogen and oxygen atoms in total. The van der Waals surface area contributed by atoms with E-state index in [4.69, 9.17) is 5.73 Å². The van der Waals surface area contributed by atoms with Gasteiger partial charge in [0.05, 0.1) is 0 Å². The Morgan fingerprint density at radius 2 is 2.17 bits per heavy atom. The van der Waals surface area contributed by atoms with Crippen molar-refractivity contribution in [1.82, 2.24) is 9.88 Å². The number of nitrogens with one attached hydrogen (secondary N) is 1. The maximum Gasteiger partial charge on any atom is 0.127 e. The van der Waals surface area contributed by atoms with Gasteiger partial charge in [-0.2, -0.15) is 0 Å². The van der Waals surface area contributed by atoms with E-state index >= 15 is 0 Å². The van der Waals surface area contributed by atoms with Crippen LogP contribution in [0.4, 0.5) is 11.5 Å². The lowest BCUT2D eigenvalue weighted by atomic mass is 9.94. The number of hydrogen-bond donors (Lipinski definition) is 2. The minimum atomic E-state index is 0.812. The van der Waals surface area contributed by atoms with Crippen molar-refractivity contribution in [3.63, 3.8) is 0 Å². The summed E-state index contributed by atoms with van der Waals surface area (Å²) < 4.78 is 0. The Hall–Kier alpha value is -1.29. The Morgan fingerprint density at radius 3 is 2.83 bits per heavy atom. The molecule has 1 aliphatic rings. The Bertz CT molecular complexity index is 383. The van der Waals surface area contributed by atoms with Crippen LogP contribution in [0.15, 0.2) is 12.3 Å². The van der Waals surface area contributed by atoms with Crippen LogP contribution in [-0.4, -0.2) is 36.6 Å². The van der Waals surface area contributed by atoms with Gasteiger partial charge < -0.3 is 16.0 Å². The fourth-order valence-corrected chi connectivity index (χ4v) is 2.39. The molecule has 2 heterocycles. The summed E-state index contributed by atoms with van der Waals surface area (Å²) in [4.78, 5) is 6.74. The summed E-state index contributed by atoms with van der Waals surface area (Å²) in [5, 5.41) is 3.37. The van der Waals surface area contributed by atoms with E-state index in [9.17, 15) is 0 Å². The molecule has 1 fully saturated rings. The maximum atomic E-state index is 5.86. The molecular weight excluding hydrogens is 224 g/mol. The SMILES string of the molecule is Cc1cnc(NCCC2CCN(C)CC2)cc1N. The minimum Gasteiger partial charge on any atom is -0.398 e. The molecule has 0 aromatic carbocycles. The second kappa shape index (κ2) is 6.05. The smallest absolute Gasteiger partial charge is 0.127 e. The molecule has 0 atom stereocenters. The number of likely N-dealkylation sites (tertiary alicyclic amines) is 1. The van der Waals surface area contributed by atoms with Gasteiger partial charge in [0.15, 0.2) is 0 Å². The third kappa shape index (κ3) is 3.60. The molecule has 2 rings (SSSR count). The molecule has 0 unspecified atom stereocenters. The predicted molar refractivity (Wildman–Crippen MR) is 76.7 cm³/mol. The number of aryl methyl sites for hydroxylation is 1. The molecule has 100 valence electrons. The number of nitrogens with two attached hydrogens (primary N) is 1. The molecule has 18 heavy (non-hydrogen) atoms. The van der Waals surface area contributed by atoms with Crippen molar-refractivity contribution in [2.24, 2.45) is 5.92 Å². The average Bonchev–Trinajstić information content (AvgIpc) is 2.36. The maximum absolute atomic E-state index is 5.86. The van der Waals surface area contributed by atoms with Crippen LogP contribution < -0.4 is 11.1 Å². The minimum absolute atomic E-state index is 0.812. The molecular formula is C14H24N4. The van der Waals surface area contributed by atoms with Gasteiger partial charge in [-0.1, -0.05) is 0 Å². The van der Waals surface area contributed by atoms with Crippen LogP contribution in [0.5, 0.6) is 0 Å². The van der Waals surface area contributed by atoms with Crippen LogP contribution in [0.2, 0.25) is 0 Å². The molecule has 0 aliphatic carbocycles. The summed E-state index contributed by atoms with van der Waals surface area (Å²) in [7, 11) is 2.20. The molecule has 3 N–H and O–H groups in total. The molecule has 0 saturated carbocycles. The van der Waals surface area contributed by atoms with Gasteiger partial charge in [0.1, 0.15) is 5.82 Å². The number of pyridine rings is 1. The molecule has 0 spiro atoms. The Labute approximate surface area is 110 Å². The van der Waals surface area contributed by atoms with Gasteiger partial charge in [-0.3, -0.25) is 0 Å². The molecule has 1 saturated heterocycles. The van der Waals surface area contributed by atoms with E-state index in [2.05, 4.69) is 22.2 Å². The highest BCUT2D eigenvalue weighted by molar-refractivity contribution is 5.53. The Kier molecular flexibility index (Phi) is 4.42. The van der Waals surface area contributed by atoms with E-state index in [0.29, 0.717) is 0 Å². The number of piperidine rings is 1. The highest BCUT2D eigenvalue weighted by atomic mass is 15.1. The van der Waals surface area contributed by atoms with Crippen molar-refractivity contribution in [1.29, 1.82) is 0 Å². The van der Waals surface area contributed by atoms with Crippen LogP contribution >= 0.6 is 0 Å². The zero-order valence-corrected chi connectivity index (χ0v) is 11.4. The molecule has 0 bridgehead atoms. The first-order valence-corrected chi connectivity index (χ1v) is 6.79. The molecule has 1 aliphatic heterocycles. The normalized spacial score (nSPS) is 17.9. The Morgan fingerprint density at radius 1 is 1.44 bits per heavy atom. The first-order valence-electron chi connectivity index (χ1n) is 6.79. The van der Waals surface area contributed by atoms with Crippen LogP contribution in [-0.2, 0) is 0 Å². The first kappa shape index (κ1) is 13.1. The lowest BCUT2D eigenvalue weighted by Crippen LogP contribution is -2.30. The van der Waals surface area contributed by atoms with Crippen molar-refractivity contribution in [2.45, 2.75) is 26.2 Å². The van der Waals surface area contributed by atoms with Crippen molar-refractivity contribution in [2.75, 3.05) is 37.7 Å². The third-order valence-corrected chi connectivity index (χ3v) is 3.84. The van der Waals surface area contributed by atoms with Gasteiger partial charge in [-0.05, 0) is 57.8 Å². The van der Waals surface area contributed by atoms with Crippen molar-refractivity contribution in [3.8, 4) is 0 Å². The van der Waals surface area contributed by atoms with Crippen LogP contribution in [0, 0.1) is 12.8 Å². The van der Waals surface area contributed by atoms with E-state index in [1.54, 1.807) is 0 Å². The van der Waals surface area contributed by atoms with Gasteiger partial charge in [0, 0.05) is 24.5 Å². The second-order valence-corrected chi connectivity index (χ2v) is 5.39. The second-order valence-electron chi connectivity index (χ2n) is 5.39. The van der Waals surface area contributed by atoms with Crippen LogP contribution in [0.1, 0.15) is 24.8 Å². The summed E-state index contributed by atoms with van der Waals surface area (Å²) in [5.74, 6) is 1.75. The van der Waals surface area contributed by atoms with Crippen LogP contribution in [0.3, 0.4) is 0 Å². The Balaban J connectivity index is 1.73. The lowest BCUT2D eigenvalue weighted by Gasteiger charge is -2.28. The summed E-state index contributed by atoms with van der Waals surface area (Å²) >= 11 is 0. The predicted octanol–water partition coefficient (Wildman–Crippen LogP) is 2.12. The summed E-state index contributed by atoms with van der Waals surface area (Å²) in [5.41, 5.74) is 7.71. The molecule has 0 radical (unpaired) electrons. The van der Waals surface area contributed by atoms with Crippen molar-refractivity contribution in [3.05, 3.63) is 17.8 Å². The van der Waals surface area contributed by atoms with E-state index in [1.807, 2.05) is 19.2 Å². The van der Waals surface area contributed by atoms with Gasteiger partial charge in [0.2, 0.25) is 0 Å². The summed E-state index contributed by atoms with van der Waals surface area (Å²) in [6.07, 6.45) is 5.69. The number of anilines is 2. The van der Waals surface area contributed by atoms with Gasteiger partial charge >= 0.3 is 0 Å². The third-order valence-electron chi connectivity index (χ3n) is 3.84. The zero-order chi connectivity index (χ0) is 13.0. The van der Waals surface area contributed by atoms with Gasteiger partial charge in [-0.25, -0.2) is 4.98 Å². The first-order chi connectivity index (χ1) is 8.65. The standard InChI is InChI=1S/C14H24N4/c1-11-10-17-14(9-13(11)15)16-6-3-12-4-7-18(2)8-5-12/h9-10,12H,3-8H2,1-2H3,(H3,15,16,17). The quantitative estimate of drug-likeness (QED) is 0.857. The van der Waals surface area contributed by atoms with Crippen LogP contribution in [0.25, 0.3) is 0 Å². The molecule has 4 heteroatoms. The van der Waals surface area contributed by atoms with Crippen molar-refractivity contribution >= 4 is 11.5 Å². The van der Waals surface area contributed by atoms with E-state index < -0.39 is 0 Å². The molecule has 1 aromatic rings. The van der Waals surface area contributed by atoms with E-state index in [0.717, 1.165) is 29.5 Å². The van der Waals surface area contributed by atoms with E-state index in [-0.39, 0.29) is 0 Å².